The molecular weight excluding hydrogens is 338 g/mol. The SMILES string of the molecule is CC(C)CCCC(C)CCN(CCC(C)CCCC(C)C)Cc1ccccc1. The van der Waals surface area contributed by atoms with Crippen molar-refractivity contribution in [3.8, 4) is 0 Å². The summed E-state index contributed by atoms with van der Waals surface area (Å²) in [4.78, 5) is 2.72. The van der Waals surface area contributed by atoms with Crippen molar-refractivity contribution in [2.75, 3.05) is 13.1 Å². The topological polar surface area (TPSA) is 3.24 Å². The predicted molar refractivity (Wildman–Crippen MR) is 127 cm³/mol. The van der Waals surface area contributed by atoms with Gasteiger partial charge in [0.25, 0.3) is 0 Å². The van der Waals surface area contributed by atoms with Gasteiger partial charge in [-0.15, -0.1) is 0 Å². The molecular formula is C27H49N. The quantitative estimate of drug-likeness (QED) is 0.276. The zero-order valence-corrected chi connectivity index (χ0v) is 19.9. The van der Waals surface area contributed by atoms with Crippen molar-refractivity contribution in [1.29, 1.82) is 0 Å². The Hall–Kier alpha value is -0.820. The third kappa shape index (κ3) is 13.4. The average Bonchev–Trinajstić information content (AvgIpc) is 2.64. The van der Waals surface area contributed by atoms with Gasteiger partial charge in [-0.2, -0.15) is 0 Å². The molecule has 0 aromatic heterocycles. The molecule has 28 heavy (non-hydrogen) atoms. The highest BCUT2D eigenvalue weighted by atomic mass is 15.1. The Morgan fingerprint density at radius 3 is 1.50 bits per heavy atom. The van der Waals surface area contributed by atoms with Crippen LogP contribution in [0.1, 0.15) is 98.5 Å². The zero-order valence-electron chi connectivity index (χ0n) is 19.9. The number of hydrogen-bond acceptors (Lipinski definition) is 1. The van der Waals surface area contributed by atoms with E-state index >= 15 is 0 Å². The van der Waals surface area contributed by atoms with Crippen molar-refractivity contribution in [1.82, 2.24) is 4.90 Å². The molecule has 0 spiro atoms. The molecule has 0 fully saturated rings. The third-order valence-corrected chi connectivity index (χ3v) is 6.08. The average molecular weight is 388 g/mol. The van der Waals surface area contributed by atoms with Crippen LogP contribution in [0.5, 0.6) is 0 Å². The summed E-state index contributed by atoms with van der Waals surface area (Å²) in [5.41, 5.74) is 1.46. The number of benzene rings is 1. The molecule has 0 aliphatic carbocycles. The van der Waals surface area contributed by atoms with Gasteiger partial charge in [0, 0.05) is 6.54 Å². The van der Waals surface area contributed by atoms with Gasteiger partial charge >= 0.3 is 0 Å². The first-order valence-electron chi connectivity index (χ1n) is 12.1. The molecule has 1 nitrogen and oxygen atoms in total. The van der Waals surface area contributed by atoms with E-state index in [1.165, 1.54) is 70.0 Å². The van der Waals surface area contributed by atoms with Crippen LogP contribution in [0.15, 0.2) is 30.3 Å². The van der Waals surface area contributed by atoms with E-state index in [-0.39, 0.29) is 0 Å². The second kappa shape index (κ2) is 15.1. The molecule has 2 unspecified atom stereocenters. The van der Waals surface area contributed by atoms with E-state index in [4.69, 9.17) is 0 Å². The summed E-state index contributed by atoms with van der Waals surface area (Å²) in [5.74, 6) is 3.39. The van der Waals surface area contributed by atoms with Crippen LogP contribution in [-0.4, -0.2) is 18.0 Å². The monoisotopic (exact) mass is 387 g/mol. The van der Waals surface area contributed by atoms with Crippen LogP contribution in [0.25, 0.3) is 0 Å². The van der Waals surface area contributed by atoms with Gasteiger partial charge in [-0.05, 0) is 55.2 Å². The molecule has 1 heteroatoms. The summed E-state index contributed by atoms with van der Waals surface area (Å²) in [7, 11) is 0. The molecule has 0 amide bonds. The maximum atomic E-state index is 2.72. The fraction of sp³-hybridized carbons (Fsp3) is 0.778. The summed E-state index contributed by atoms with van der Waals surface area (Å²) in [6.07, 6.45) is 11.0. The lowest BCUT2D eigenvalue weighted by molar-refractivity contribution is 0.224. The van der Waals surface area contributed by atoms with Crippen molar-refractivity contribution < 1.29 is 0 Å². The standard InChI is InChI=1S/C27H49N/c1-23(2)12-10-14-25(5)18-20-28(22-27-16-8-7-9-17-27)21-19-26(6)15-11-13-24(3)4/h7-9,16-17,23-26H,10-15,18-22H2,1-6H3. The van der Waals surface area contributed by atoms with E-state index in [2.05, 4.69) is 76.8 Å². The molecule has 1 rings (SSSR count). The van der Waals surface area contributed by atoms with Crippen molar-refractivity contribution in [3.05, 3.63) is 35.9 Å². The molecule has 0 saturated carbocycles. The molecule has 2 atom stereocenters. The third-order valence-electron chi connectivity index (χ3n) is 6.08. The van der Waals surface area contributed by atoms with Crippen molar-refractivity contribution in [3.63, 3.8) is 0 Å². The number of hydrogen-bond donors (Lipinski definition) is 0. The molecule has 1 aromatic rings. The van der Waals surface area contributed by atoms with Crippen molar-refractivity contribution in [2.45, 2.75) is 99.5 Å². The summed E-state index contributed by atoms with van der Waals surface area (Å²) in [5, 5.41) is 0. The molecule has 0 heterocycles. The molecule has 0 aliphatic rings. The van der Waals surface area contributed by atoms with Crippen molar-refractivity contribution in [2.24, 2.45) is 23.7 Å². The number of nitrogens with zero attached hydrogens (tertiary/aromatic N) is 1. The van der Waals surface area contributed by atoms with Gasteiger partial charge in [-0.3, -0.25) is 4.90 Å². The summed E-state index contributed by atoms with van der Waals surface area (Å²) >= 11 is 0. The Labute approximate surface area is 177 Å². The smallest absolute Gasteiger partial charge is 0.0233 e. The lowest BCUT2D eigenvalue weighted by Crippen LogP contribution is -2.28. The highest BCUT2D eigenvalue weighted by molar-refractivity contribution is 5.14. The largest absolute Gasteiger partial charge is 0.299 e. The first kappa shape index (κ1) is 25.2. The van der Waals surface area contributed by atoms with Gasteiger partial charge in [-0.25, -0.2) is 0 Å². The minimum absolute atomic E-state index is 0.846. The Bertz CT molecular complexity index is 440. The zero-order chi connectivity index (χ0) is 20.8. The van der Waals surface area contributed by atoms with Crippen LogP contribution in [0.4, 0.5) is 0 Å². The summed E-state index contributed by atoms with van der Waals surface area (Å²) in [6, 6.07) is 11.0. The second-order valence-electron chi connectivity index (χ2n) is 10.2. The molecule has 162 valence electrons. The van der Waals surface area contributed by atoms with Gasteiger partial charge in [-0.1, -0.05) is 110 Å². The highest BCUT2D eigenvalue weighted by Gasteiger charge is 2.12. The molecule has 0 saturated heterocycles. The van der Waals surface area contributed by atoms with Gasteiger partial charge < -0.3 is 0 Å². The molecule has 0 bridgehead atoms. The fourth-order valence-corrected chi connectivity index (χ4v) is 3.96. The maximum Gasteiger partial charge on any atom is 0.0233 e. The van der Waals surface area contributed by atoms with Gasteiger partial charge in [0.2, 0.25) is 0 Å². The predicted octanol–water partition coefficient (Wildman–Crippen LogP) is 8.19. The molecule has 0 aliphatic heterocycles. The van der Waals surface area contributed by atoms with E-state index < -0.39 is 0 Å². The Morgan fingerprint density at radius 2 is 1.07 bits per heavy atom. The van der Waals surface area contributed by atoms with Crippen LogP contribution >= 0.6 is 0 Å². The molecule has 0 N–H and O–H groups in total. The minimum atomic E-state index is 0.846. The van der Waals surface area contributed by atoms with Gasteiger partial charge in [0.1, 0.15) is 0 Å². The summed E-state index contributed by atoms with van der Waals surface area (Å²) < 4.78 is 0. The van der Waals surface area contributed by atoms with E-state index in [9.17, 15) is 0 Å². The summed E-state index contributed by atoms with van der Waals surface area (Å²) in [6.45, 7) is 17.9. The fourth-order valence-electron chi connectivity index (χ4n) is 3.96. The molecule has 0 radical (unpaired) electrons. The van der Waals surface area contributed by atoms with E-state index in [0.717, 1.165) is 30.2 Å². The van der Waals surface area contributed by atoms with Crippen LogP contribution < -0.4 is 0 Å². The lowest BCUT2D eigenvalue weighted by atomic mass is 9.96. The maximum absolute atomic E-state index is 2.72. The normalized spacial score (nSPS) is 14.2. The van der Waals surface area contributed by atoms with Crippen LogP contribution in [-0.2, 0) is 6.54 Å². The van der Waals surface area contributed by atoms with Crippen molar-refractivity contribution >= 4 is 0 Å². The van der Waals surface area contributed by atoms with Crippen LogP contribution in [0.2, 0.25) is 0 Å². The molecule has 1 aromatic carbocycles. The second-order valence-corrected chi connectivity index (χ2v) is 10.2. The first-order chi connectivity index (χ1) is 13.4. The number of rotatable bonds is 16. The van der Waals surface area contributed by atoms with Crippen LogP contribution in [0, 0.1) is 23.7 Å². The first-order valence-corrected chi connectivity index (χ1v) is 12.1. The lowest BCUT2D eigenvalue weighted by Gasteiger charge is -2.26. The minimum Gasteiger partial charge on any atom is -0.299 e. The highest BCUT2D eigenvalue weighted by Crippen LogP contribution is 2.19. The van der Waals surface area contributed by atoms with Gasteiger partial charge in [0.05, 0.1) is 0 Å². The van der Waals surface area contributed by atoms with E-state index in [1.807, 2.05) is 0 Å². The van der Waals surface area contributed by atoms with Crippen LogP contribution in [0.3, 0.4) is 0 Å². The Morgan fingerprint density at radius 1 is 0.607 bits per heavy atom. The Balaban J connectivity index is 2.43. The Kier molecular flexibility index (Phi) is 13.6. The van der Waals surface area contributed by atoms with Gasteiger partial charge in [0.15, 0.2) is 0 Å². The van der Waals surface area contributed by atoms with E-state index in [1.54, 1.807) is 0 Å². The van der Waals surface area contributed by atoms with E-state index in [0.29, 0.717) is 0 Å².